The van der Waals surface area contributed by atoms with Gasteiger partial charge in [-0.25, -0.2) is 4.39 Å². The Morgan fingerprint density at radius 2 is 1.78 bits per heavy atom. The zero-order valence-electron chi connectivity index (χ0n) is 14.8. The maximum atomic E-state index is 14.2. The summed E-state index contributed by atoms with van der Waals surface area (Å²) in [5.74, 6) is 1.44. The van der Waals surface area contributed by atoms with Crippen LogP contribution in [0.3, 0.4) is 0 Å². The maximum Gasteiger partial charge on any atom is 0.387 e. The highest BCUT2D eigenvalue weighted by atomic mass is 32.2. The number of alkyl halides is 2. The Morgan fingerprint density at radius 1 is 1.11 bits per heavy atom. The fourth-order valence-electron chi connectivity index (χ4n) is 3.14. The summed E-state index contributed by atoms with van der Waals surface area (Å²) >= 11 is 3.21. The van der Waals surface area contributed by atoms with E-state index >= 15 is 0 Å². The van der Waals surface area contributed by atoms with Gasteiger partial charge >= 0.3 is 6.61 Å². The van der Waals surface area contributed by atoms with Crippen LogP contribution in [0.15, 0.2) is 42.5 Å². The lowest BCUT2D eigenvalue weighted by molar-refractivity contribution is -0.0498. The molecule has 1 unspecified atom stereocenters. The monoisotopic (exact) mass is 414 g/mol. The van der Waals surface area contributed by atoms with Crippen LogP contribution >= 0.6 is 23.5 Å². The summed E-state index contributed by atoms with van der Waals surface area (Å²) < 4.78 is 42.5. The molecule has 0 radical (unpaired) electrons. The molecule has 146 valence electrons. The van der Waals surface area contributed by atoms with E-state index in [1.54, 1.807) is 35.7 Å². The second-order valence-corrected chi connectivity index (χ2v) is 9.21. The summed E-state index contributed by atoms with van der Waals surface area (Å²) in [5, 5.41) is 11.2. The summed E-state index contributed by atoms with van der Waals surface area (Å²) in [4.78, 5) is 0. The molecule has 27 heavy (non-hydrogen) atoms. The second-order valence-electron chi connectivity index (χ2n) is 6.27. The second kappa shape index (κ2) is 8.80. The minimum absolute atomic E-state index is 0.0398. The lowest BCUT2D eigenvalue weighted by atomic mass is 9.97. The first-order valence-corrected chi connectivity index (χ1v) is 10.7. The molecular formula is C20H21F3O2S2. The van der Waals surface area contributed by atoms with E-state index in [9.17, 15) is 18.3 Å². The van der Waals surface area contributed by atoms with Crippen molar-refractivity contribution >= 4 is 23.5 Å². The third-order valence-electron chi connectivity index (χ3n) is 4.47. The molecule has 0 saturated carbocycles. The fraction of sp³-hybridized carbons (Fsp3) is 0.400. The molecule has 1 fully saturated rings. The summed E-state index contributed by atoms with van der Waals surface area (Å²) in [6.07, 6.45) is 0.798. The highest BCUT2D eigenvalue weighted by Crippen LogP contribution is 2.57. The van der Waals surface area contributed by atoms with Crippen molar-refractivity contribution in [3.8, 4) is 5.75 Å². The Hall–Kier alpha value is -1.31. The Kier molecular flexibility index (Phi) is 6.65. The number of benzene rings is 2. The van der Waals surface area contributed by atoms with E-state index in [4.69, 9.17) is 0 Å². The molecule has 2 nitrogen and oxygen atoms in total. The number of aliphatic hydroxyl groups excluding tert-OH is 1. The summed E-state index contributed by atoms with van der Waals surface area (Å²) in [6.45, 7) is -0.929. The molecule has 0 bridgehead atoms. The average molecular weight is 415 g/mol. The van der Waals surface area contributed by atoms with Crippen LogP contribution in [0, 0.1) is 5.82 Å². The van der Waals surface area contributed by atoms with Crippen LogP contribution in [0.2, 0.25) is 0 Å². The molecule has 0 aromatic heterocycles. The maximum absolute atomic E-state index is 14.2. The van der Waals surface area contributed by atoms with Crippen LogP contribution in [-0.2, 0) is 10.5 Å². The molecule has 1 atom stereocenters. The zero-order valence-corrected chi connectivity index (χ0v) is 16.5. The number of thioether (sulfide) groups is 2. The smallest absolute Gasteiger partial charge is 0.387 e. The molecule has 1 saturated heterocycles. The Bertz CT molecular complexity index is 762. The molecule has 1 N–H and O–H groups in total. The van der Waals surface area contributed by atoms with Crippen molar-refractivity contribution in [3.05, 3.63) is 65.0 Å². The van der Waals surface area contributed by atoms with Gasteiger partial charge in [0.2, 0.25) is 0 Å². The van der Waals surface area contributed by atoms with Crippen LogP contribution in [0.1, 0.15) is 36.1 Å². The Morgan fingerprint density at radius 3 is 2.37 bits per heavy atom. The molecule has 2 aromatic carbocycles. The summed E-state index contributed by atoms with van der Waals surface area (Å²) in [7, 11) is 0. The topological polar surface area (TPSA) is 29.5 Å². The molecule has 0 aliphatic carbocycles. The van der Waals surface area contributed by atoms with E-state index < -0.39 is 16.8 Å². The van der Waals surface area contributed by atoms with E-state index in [1.807, 2.05) is 13.0 Å². The van der Waals surface area contributed by atoms with Gasteiger partial charge in [-0.05, 0) is 65.3 Å². The first-order chi connectivity index (χ1) is 12.9. The van der Waals surface area contributed by atoms with Gasteiger partial charge in [0.25, 0.3) is 0 Å². The molecule has 2 aromatic rings. The van der Waals surface area contributed by atoms with E-state index in [0.29, 0.717) is 12.0 Å². The number of hydrogen-bond donors (Lipinski definition) is 1. The van der Waals surface area contributed by atoms with Crippen LogP contribution in [0.5, 0.6) is 5.75 Å². The van der Waals surface area contributed by atoms with Crippen molar-refractivity contribution < 1.29 is 23.0 Å². The molecule has 0 spiro atoms. The van der Waals surface area contributed by atoms with Crippen LogP contribution in [0.4, 0.5) is 13.2 Å². The van der Waals surface area contributed by atoms with Gasteiger partial charge in [-0.1, -0.05) is 25.1 Å². The average Bonchev–Trinajstić information content (AvgIpc) is 2.67. The molecule has 3 rings (SSSR count). The SMILES string of the molecule is CCc1cc(F)cc(C2(C(O)c3ccc(OC(F)F)cc3)SCCCS2)c1. The molecule has 1 aliphatic heterocycles. The van der Waals surface area contributed by atoms with Gasteiger partial charge in [-0.2, -0.15) is 8.78 Å². The number of rotatable bonds is 6. The Labute approximate surface area is 165 Å². The first-order valence-electron chi connectivity index (χ1n) is 8.75. The third-order valence-corrected chi connectivity index (χ3v) is 7.94. The van der Waals surface area contributed by atoms with Crippen molar-refractivity contribution in [2.75, 3.05) is 11.5 Å². The van der Waals surface area contributed by atoms with E-state index in [0.717, 1.165) is 29.1 Å². The van der Waals surface area contributed by atoms with Gasteiger partial charge in [-0.15, -0.1) is 23.5 Å². The van der Waals surface area contributed by atoms with E-state index in [-0.39, 0.29) is 11.6 Å². The molecule has 1 heterocycles. The lowest BCUT2D eigenvalue weighted by Crippen LogP contribution is -2.31. The number of halogens is 3. The minimum atomic E-state index is -2.89. The van der Waals surface area contributed by atoms with Gasteiger partial charge in [0.05, 0.1) is 0 Å². The predicted octanol–water partition coefficient (Wildman–Crippen LogP) is 5.75. The molecule has 7 heteroatoms. The normalized spacial score (nSPS) is 17.7. The van der Waals surface area contributed by atoms with Gasteiger partial charge in [0.15, 0.2) is 0 Å². The van der Waals surface area contributed by atoms with E-state index in [2.05, 4.69) is 4.74 Å². The standard InChI is InChI=1S/C20H21F3O2S2/c1-2-13-10-15(12-16(21)11-13)20(26-8-3-9-27-20)18(24)14-4-6-17(7-5-14)25-19(22)23/h4-7,10-12,18-19,24H,2-3,8-9H2,1H3. The zero-order chi connectivity index (χ0) is 19.4. The summed E-state index contributed by atoms with van der Waals surface area (Å²) in [5.41, 5.74) is 2.21. The van der Waals surface area contributed by atoms with Crippen molar-refractivity contribution in [2.24, 2.45) is 0 Å². The number of aryl methyl sites for hydroxylation is 1. The highest BCUT2D eigenvalue weighted by molar-refractivity contribution is 8.18. The summed E-state index contributed by atoms with van der Waals surface area (Å²) in [6, 6.07) is 10.9. The van der Waals surface area contributed by atoms with Crippen molar-refractivity contribution in [3.63, 3.8) is 0 Å². The number of ether oxygens (including phenoxy) is 1. The first kappa shape index (κ1) is 20.4. The van der Waals surface area contributed by atoms with Crippen molar-refractivity contribution in [1.29, 1.82) is 0 Å². The largest absolute Gasteiger partial charge is 0.435 e. The van der Waals surface area contributed by atoms with Gasteiger partial charge in [0, 0.05) is 0 Å². The van der Waals surface area contributed by atoms with E-state index in [1.165, 1.54) is 24.3 Å². The molecule has 0 amide bonds. The van der Waals surface area contributed by atoms with Crippen LogP contribution < -0.4 is 4.74 Å². The molecular weight excluding hydrogens is 393 g/mol. The molecule has 1 aliphatic rings. The number of hydrogen-bond acceptors (Lipinski definition) is 4. The quantitative estimate of drug-likeness (QED) is 0.652. The van der Waals surface area contributed by atoms with Crippen LogP contribution in [0.25, 0.3) is 0 Å². The van der Waals surface area contributed by atoms with Crippen molar-refractivity contribution in [2.45, 2.75) is 36.6 Å². The number of aliphatic hydroxyl groups is 1. The van der Waals surface area contributed by atoms with Crippen LogP contribution in [-0.4, -0.2) is 23.2 Å². The predicted molar refractivity (Wildman–Crippen MR) is 105 cm³/mol. The van der Waals surface area contributed by atoms with Gasteiger partial charge in [0.1, 0.15) is 21.7 Å². The van der Waals surface area contributed by atoms with Gasteiger partial charge in [-0.3, -0.25) is 0 Å². The minimum Gasteiger partial charge on any atom is -0.435 e. The van der Waals surface area contributed by atoms with Gasteiger partial charge < -0.3 is 9.84 Å². The van der Waals surface area contributed by atoms with Crippen molar-refractivity contribution in [1.82, 2.24) is 0 Å². The Balaban J connectivity index is 1.98. The lowest BCUT2D eigenvalue weighted by Gasteiger charge is -2.40. The fourth-order valence-corrected chi connectivity index (χ4v) is 6.49. The third kappa shape index (κ3) is 4.58. The highest BCUT2D eigenvalue weighted by Gasteiger charge is 2.43.